The van der Waals surface area contributed by atoms with Crippen molar-refractivity contribution in [3.8, 4) is 5.75 Å². The van der Waals surface area contributed by atoms with Gasteiger partial charge in [0.1, 0.15) is 12.4 Å². The summed E-state index contributed by atoms with van der Waals surface area (Å²) in [6.07, 6.45) is -0.467. The van der Waals surface area contributed by atoms with Gasteiger partial charge in [-0.05, 0) is 19.1 Å². The molecule has 0 unspecified atom stereocenters. The van der Waals surface area contributed by atoms with E-state index in [9.17, 15) is 5.11 Å². The summed E-state index contributed by atoms with van der Waals surface area (Å²) in [5.74, 6) is 0.963. The van der Waals surface area contributed by atoms with Crippen LogP contribution in [0.15, 0.2) is 48.5 Å². The van der Waals surface area contributed by atoms with Crippen molar-refractivity contribution < 1.29 is 9.84 Å². The molecule has 0 aliphatic carbocycles. The molecule has 1 N–H and O–H groups in total. The van der Waals surface area contributed by atoms with Gasteiger partial charge in [0.15, 0.2) is 0 Å². The highest BCUT2D eigenvalue weighted by Gasteiger charge is 2.18. The van der Waals surface area contributed by atoms with E-state index in [-0.39, 0.29) is 0 Å². The maximum Gasteiger partial charge on any atom is 0.124 e. The highest BCUT2D eigenvalue weighted by molar-refractivity contribution is 5.56. The van der Waals surface area contributed by atoms with Gasteiger partial charge < -0.3 is 14.7 Å². The van der Waals surface area contributed by atoms with Gasteiger partial charge in [-0.25, -0.2) is 0 Å². The van der Waals surface area contributed by atoms with Crippen LogP contribution in [0.1, 0.15) is 24.2 Å². The number of benzene rings is 2. The molecular formula is C17H19NO2. The highest BCUT2D eigenvalue weighted by Crippen LogP contribution is 2.30. The summed E-state index contributed by atoms with van der Waals surface area (Å²) in [5, 5.41) is 9.94. The van der Waals surface area contributed by atoms with E-state index in [0.29, 0.717) is 6.61 Å². The third-order valence-electron chi connectivity index (χ3n) is 3.68. The number of fused-ring (bicyclic) bond motifs is 1. The molecule has 1 aliphatic heterocycles. The Hall–Kier alpha value is -2.00. The average molecular weight is 269 g/mol. The Bertz CT molecular complexity index is 595. The lowest BCUT2D eigenvalue weighted by molar-refractivity contribution is 0.199. The van der Waals surface area contributed by atoms with Crippen molar-refractivity contribution >= 4 is 5.69 Å². The number of anilines is 1. The minimum Gasteiger partial charge on any atom is -0.491 e. The molecule has 0 aromatic heterocycles. The predicted octanol–water partition coefficient (Wildman–Crippen LogP) is 3.14. The van der Waals surface area contributed by atoms with Crippen molar-refractivity contribution in [1.82, 2.24) is 0 Å². The molecule has 1 aliphatic rings. The molecule has 0 amide bonds. The molecule has 0 saturated heterocycles. The summed E-state index contributed by atoms with van der Waals surface area (Å²) < 4.78 is 5.80. The normalized spacial score (nSPS) is 16.0. The highest BCUT2D eigenvalue weighted by atomic mass is 16.5. The summed E-state index contributed by atoms with van der Waals surface area (Å²) in [6, 6.07) is 16.2. The van der Waals surface area contributed by atoms with Crippen LogP contribution in [0.25, 0.3) is 0 Å². The Labute approximate surface area is 119 Å². The number of nitrogens with zero attached hydrogens (tertiary/aromatic N) is 1. The first-order valence-corrected chi connectivity index (χ1v) is 6.98. The van der Waals surface area contributed by atoms with Crippen LogP contribution in [0, 0.1) is 0 Å². The lowest BCUT2D eigenvalue weighted by Gasteiger charge is -2.25. The predicted molar refractivity (Wildman–Crippen MR) is 80.1 cm³/mol. The molecule has 1 atom stereocenters. The summed E-state index contributed by atoms with van der Waals surface area (Å²) in [7, 11) is 0. The van der Waals surface area contributed by atoms with Crippen LogP contribution in [0.5, 0.6) is 5.75 Å². The fourth-order valence-electron chi connectivity index (χ4n) is 2.66. The van der Waals surface area contributed by atoms with E-state index in [0.717, 1.165) is 30.1 Å². The summed E-state index contributed by atoms with van der Waals surface area (Å²) >= 11 is 0. The summed E-state index contributed by atoms with van der Waals surface area (Å²) in [5.41, 5.74) is 3.24. The standard InChI is InChI=1S/C17H19NO2/c1-13(19)15-7-3-4-8-16(15)18-10-11-20-17-9-5-2-6-14(17)12-18/h2-9,13,19H,10-12H2,1H3/t13-/m0/s1. The van der Waals surface area contributed by atoms with Crippen molar-refractivity contribution in [2.75, 3.05) is 18.1 Å². The van der Waals surface area contributed by atoms with Gasteiger partial charge in [0, 0.05) is 23.4 Å². The van der Waals surface area contributed by atoms with Gasteiger partial charge in [-0.3, -0.25) is 0 Å². The fourth-order valence-corrected chi connectivity index (χ4v) is 2.66. The Morgan fingerprint density at radius 1 is 1.10 bits per heavy atom. The van der Waals surface area contributed by atoms with Crippen LogP contribution in [-0.2, 0) is 6.54 Å². The van der Waals surface area contributed by atoms with Gasteiger partial charge in [0.25, 0.3) is 0 Å². The molecule has 0 bridgehead atoms. The van der Waals surface area contributed by atoms with Crippen LogP contribution >= 0.6 is 0 Å². The van der Waals surface area contributed by atoms with E-state index >= 15 is 0 Å². The number of aliphatic hydroxyl groups is 1. The van der Waals surface area contributed by atoms with E-state index in [2.05, 4.69) is 17.0 Å². The second-order valence-corrected chi connectivity index (χ2v) is 5.11. The summed E-state index contributed by atoms with van der Waals surface area (Å²) in [4.78, 5) is 2.27. The molecule has 3 nitrogen and oxygen atoms in total. The second-order valence-electron chi connectivity index (χ2n) is 5.11. The van der Waals surface area contributed by atoms with Gasteiger partial charge in [0.2, 0.25) is 0 Å². The first-order valence-electron chi connectivity index (χ1n) is 6.98. The maximum absolute atomic E-state index is 9.94. The van der Waals surface area contributed by atoms with Crippen LogP contribution in [-0.4, -0.2) is 18.3 Å². The van der Waals surface area contributed by atoms with E-state index < -0.39 is 6.10 Å². The molecule has 0 fully saturated rings. The molecule has 2 aromatic rings. The van der Waals surface area contributed by atoms with Gasteiger partial charge >= 0.3 is 0 Å². The smallest absolute Gasteiger partial charge is 0.124 e. The SMILES string of the molecule is C[C@H](O)c1ccccc1N1CCOc2ccccc2C1. The summed E-state index contributed by atoms with van der Waals surface area (Å²) in [6.45, 7) is 4.09. The van der Waals surface area contributed by atoms with Crippen molar-refractivity contribution in [3.05, 3.63) is 59.7 Å². The lowest BCUT2D eigenvalue weighted by Crippen LogP contribution is -2.26. The first kappa shape index (κ1) is 13.0. The van der Waals surface area contributed by atoms with Gasteiger partial charge in [-0.1, -0.05) is 36.4 Å². The molecular weight excluding hydrogens is 250 g/mol. The number of hydrogen-bond donors (Lipinski definition) is 1. The average Bonchev–Trinajstić information content (AvgIpc) is 2.69. The van der Waals surface area contributed by atoms with Gasteiger partial charge in [0.05, 0.1) is 12.6 Å². The Kier molecular flexibility index (Phi) is 3.61. The fraction of sp³-hybridized carbons (Fsp3) is 0.294. The molecule has 2 aromatic carbocycles. The number of hydrogen-bond acceptors (Lipinski definition) is 3. The number of rotatable bonds is 2. The minimum absolute atomic E-state index is 0.467. The van der Waals surface area contributed by atoms with Gasteiger partial charge in [-0.2, -0.15) is 0 Å². The molecule has 104 valence electrons. The van der Waals surface area contributed by atoms with E-state index in [4.69, 9.17) is 4.74 Å². The molecule has 3 heteroatoms. The van der Waals surface area contributed by atoms with Crippen molar-refractivity contribution in [3.63, 3.8) is 0 Å². The second kappa shape index (κ2) is 5.55. The Balaban J connectivity index is 1.96. The zero-order valence-corrected chi connectivity index (χ0v) is 11.6. The monoisotopic (exact) mass is 269 g/mol. The topological polar surface area (TPSA) is 32.7 Å². The first-order chi connectivity index (χ1) is 9.75. The third-order valence-corrected chi connectivity index (χ3v) is 3.68. The number of aliphatic hydroxyl groups excluding tert-OH is 1. The van der Waals surface area contributed by atoms with Crippen LogP contribution in [0.4, 0.5) is 5.69 Å². The van der Waals surface area contributed by atoms with E-state index in [1.807, 2.05) is 36.4 Å². The number of ether oxygens (including phenoxy) is 1. The third kappa shape index (κ3) is 2.49. The molecule has 0 saturated carbocycles. The van der Waals surface area contributed by atoms with Crippen molar-refractivity contribution in [1.29, 1.82) is 0 Å². The number of para-hydroxylation sites is 2. The van der Waals surface area contributed by atoms with Crippen molar-refractivity contribution in [2.45, 2.75) is 19.6 Å². The van der Waals surface area contributed by atoms with Crippen LogP contribution < -0.4 is 9.64 Å². The zero-order chi connectivity index (χ0) is 13.9. The molecule has 0 spiro atoms. The molecule has 1 heterocycles. The molecule has 20 heavy (non-hydrogen) atoms. The lowest BCUT2D eigenvalue weighted by atomic mass is 10.1. The van der Waals surface area contributed by atoms with Crippen LogP contribution in [0.2, 0.25) is 0 Å². The maximum atomic E-state index is 9.94. The minimum atomic E-state index is -0.467. The van der Waals surface area contributed by atoms with E-state index in [1.54, 1.807) is 6.92 Å². The largest absolute Gasteiger partial charge is 0.491 e. The van der Waals surface area contributed by atoms with Crippen molar-refractivity contribution in [2.24, 2.45) is 0 Å². The quantitative estimate of drug-likeness (QED) is 0.909. The Morgan fingerprint density at radius 2 is 1.85 bits per heavy atom. The Morgan fingerprint density at radius 3 is 2.70 bits per heavy atom. The zero-order valence-electron chi connectivity index (χ0n) is 11.6. The molecule has 0 radical (unpaired) electrons. The van der Waals surface area contributed by atoms with E-state index in [1.165, 1.54) is 5.56 Å². The molecule has 3 rings (SSSR count). The van der Waals surface area contributed by atoms with Gasteiger partial charge in [-0.15, -0.1) is 0 Å². The van der Waals surface area contributed by atoms with Crippen LogP contribution in [0.3, 0.4) is 0 Å².